The zero-order chi connectivity index (χ0) is 10.1. The monoisotopic (exact) mass is 217 g/mol. The van der Waals surface area contributed by atoms with Crippen molar-refractivity contribution in [1.82, 2.24) is 0 Å². The molecule has 0 saturated heterocycles. The second kappa shape index (κ2) is 4.01. The zero-order valence-electron chi connectivity index (χ0n) is 8.73. The quantitative estimate of drug-likeness (QED) is 0.702. The lowest BCUT2D eigenvalue weighted by Gasteiger charge is -2.23. The first-order chi connectivity index (χ1) is 7.43. The lowest BCUT2D eigenvalue weighted by atomic mass is 10.1. The second-order valence-electron chi connectivity index (χ2n) is 4.36. The molecule has 1 saturated carbocycles. The van der Waals surface area contributed by atoms with Gasteiger partial charge in [-0.05, 0) is 18.8 Å². The topological polar surface area (TPSA) is 12.4 Å². The maximum absolute atomic E-state index is 4.72. The van der Waals surface area contributed by atoms with Gasteiger partial charge in [0.15, 0.2) is 0 Å². The maximum Gasteiger partial charge on any atom is 0.0979 e. The number of thioether (sulfide) groups is 1. The van der Waals surface area contributed by atoms with Crippen molar-refractivity contribution in [3.05, 3.63) is 35.9 Å². The van der Waals surface area contributed by atoms with Crippen LogP contribution in [0.15, 0.2) is 35.3 Å². The molecular weight excluding hydrogens is 202 g/mol. The van der Waals surface area contributed by atoms with Crippen molar-refractivity contribution < 1.29 is 0 Å². The van der Waals surface area contributed by atoms with Crippen molar-refractivity contribution in [2.24, 2.45) is 10.9 Å². The fourth-order valence-corrected chi connectivity index (χ4v) is 3.89. The van der Waals surface area contributed by atoms with Gasteiger partial charge in [-0.15, -0.1) is 11.8 Å². The van der Waals surface area contributed by atoms with E-state index in [-0.39, 0.29) is 0 Å². The summed E-state index contributed by atoms with van der Waals surface area (Å²) >= 11 is 2.01. The molecule has 2 heteroatoms. The standard InChI is InChI=1S/C13H15NS/c1-2-5-10(6-3-1)13-14-9-11-7-4-8-12(11)15-13/h1-3,5-6,11-12H,4,7-9H2/t11-,12-/m0/s1. The van der Waals surface area contributed by atoms with E-state index in [2.05, 4.69) is 30.3 Å². The molecule has 0 unspecified atom stereocenters. The van der Waals surface area contributed by atoms with Crippen LogP contribution in [0.4, 0.5) is 0 Å². The minimum Gasteiger partial charge on any atom is -0.277 e. The van der Waals surface area contributed by atoms with Crippen LogP contribution in [0.3, 0.4) is 0 Å². The summed E-state index contributed by atoms with van der Waals surface area (Å²) < 4.78 is 0. The maximum atomic E-state index is 4.72. The van der Waals surface area contributed by atoms with E-state index < -0.39 is 0 Å². The summed E-state index contributed by atoms with van der Waals surface area (Å²) in [5.41, 5.74) is 1.30. The number of hydrogen-bond acceptors (Lipinski definition) is 2. The minimum atomic E-state index is 0.845. The summed E-state index contributed by atoms with van der Waals surface area (Å²) in [5, 5.41) is 2.11. The van der Waals surface area contributed by atoms with Gasteiger partial charge in [-0.2, -0.15) is 0 Å². The predicted octanol–water partition coefficient (Wildman–Crippen LogP) is 3.35. The summed E-state index contributed by atoms with van der Waals surface area (Å²) in [7, 11) is 0. The fraction of sp³-hybridized carbons (Fsp3) is 0.462. The van der Waals surface area contributed by atoms with Crippen molar-refractivity contribution >= 4 is 16.8 Å². The Hall–Kier alpha value is -0.760. The molecule has 0 N–H and O–H groups in total. The van der Waals surface area contributed by atoms with Gasteiger partial charge in [-0.1, -0.05) is 36.8 Å². The Kier molecular flexibility index (Phi) is 2.53. The minimum absolute atomic E-state index is 0.845. The van der Waals surface area contributed by atoms with E-state index in [9.17, 15) is 0 Å². The molecule has 0 aromatic heterocycles. The molecule has 2 atom stereocenters. The van der Waals surface area contributed by atoms with Crippen LogP contribution in [0.2, 0.25) is 0 Å². The highest BCUT2D eigenvalue weighted by molar-refractivity contribution is 8.15. The molecular formula is C13H15NS. The first-order valence-corrected chi connectivity index (χ1v) is 6.58. The van der Waals surface area contributed by atoms with Crippen LogP contribution in [-0.4, -0.2) is 16.8 Å². The number of benzene rings is 1. The van der Waals surface area contributed by atoms with E-state index in [0.717, 1.165) is 17.7 Å². The largest absolute Gasteiger partial charge is 0.277 e. The average molecular weight is 217 g/mol. The Balaban J connectivity index is 1.84. The molecule has 1 aromatic carbocycles. The molecule has 1 fully saturated rings. The van der Waals surface area contributed by atoms with Gasteiger partial charge in [0, 0.05) is 17.4 Å². The van der Waals surface area contributed by atoms with E-state index in [4.69, 9.17) is 4.99 Å². The Morgan fingerprint density at radius 3 is 2.87 bits per heavy atom. The smallest absolute Gasteiger partial charge is 0.0979 e. The Morgan fingerprint density at radius 2 is 2.00 bits per heavy atom. The number of hydrogen-bond donors (Lipinski definition) is 0. The molecule has 1 heterocycles. The lowest BCUT2D eigenvalue weighted by Crippen LogP contribution is -2.21. The highest BCUT2D eigenvalue weighted by atomic mass is 32.2. The fourth-order valence-electron chi connectivity index (χ4n) is 2.49. The molecule has 1 aliphatic heterocycles. The van der Waals surface area contributed by atoms with Crippen LogP contribution in [-0.2, 0) is 0 Å². The molecule has 0 spiro atoms. The summed E-state index contributed by atoms with van der Waals surface area (Å²) in [5.74, 6) is 0.863. The van der Waals surface area contributed by atoms with E-state index in [0.29, 0.717) is 0 Å². The van der Waals surface area contributed by atoms with Crippen LogP contribution >= 0.6 is 11.8 Å². The van der Waals surface area contributed by atoms with Crippen molar-refractivity contribution in [3.63, 3.8) is 0 Å². The highest BCUT2D eigenvalue weighted by Crippen LogP contribution is 2.40. The number of fused-ring (bicyclic) bond motifs is 1. The van der Waals surface area contributed by atoms with Crippen LogP contribution < -0.4 is 0 Å². The molecule has 78 valence electrons. The third-order valence-electron chi connectivity index (χ3n) is 3.34. The van der Waals surface area contributed by atoms with Gasteiger partial charge in [-0.25, -0.2) is 0 Å². The molecule has 1 aromatic rings. The van der Waals surface area contributed by atoms with Crippen LogP contribution in [0, 0.1) is 5.92 Å². The van der Waals surface area contributed by atoms with Crippen LogP contribution in [0.25, 0.3) is 0 Å². The molecule has 0 amide bonds. The Bertz CT molecular complexity index is 371. The Morgan fingerprint density at radius 1 is 1.13 bits per heavy atom. The molecule has 3 rings (SSSR count). The molecule has 0 bridgehead atoms. The van der Waals surface area contributed by atoms with Gasteiger partial charge in [0.05, 0.1) is 5.04 Å². The number of nitrogens with zero attached hydrogens (tertiary/aromatic N) is 1. The number of rotatable bonds is 1. The highest BCUT2D eigenvalue weighted by Gasteiger charge is 2.31. The lowest BCUT2D eigenvalue weighted by molar-refractivity contribution is 0.572. The first-order valence-electron chi connectivity index (χ1n) is 5.70. The SMILES string of the molecule is c1ccc(C2=NC[C@@H]3CCC[C@@H]3S2)cc1. The van der Waals surface area contributed by atoms with Gasteiger partial charge in [-0.3, -0.25) is 4.99 Å². The number of aliphatic imine (C=N–C) groups is 1. The van der Waals surface area contributed by atoms with E-state index in [1.54, 1.807) is 0 Å². The van der Waals surface area contributed by atoms with Gasteiger partial charge in [0.25, 0.3) is 0 Å². The summed E-state index contributed by atoms with van der Waals surface area (Å²) in [6.45, 7) is 1.06. The van der Waals surface area contributed by atoms with Crippen molar-refractivity contribution in [3.8, 4) is 0 Å². The zero-order valence-corrected chi connectivity index (χ0v) is 9.54. The van der Waals surface area contributed by atoms with E-state index in [1.165, 1.54) is 29.9 Å². The van der Waals surface area contributed by atoms with Crippen molar-refractivity contribution in [1.29, 1.82) is 0 Å². The third kappa shape index (κ3) is 1.83. The van der Waals surface area contributed by atoms with Crippen molar-refractivity contribution in [2.75, 3.05) is 6.54 Å². The third-order valence-corrected chi connectivity index (χ3v) is 4.85. The van der Waals surface area contributed by atoms with Gasteiger partial charge in [0.2, 0.25) is 0 Å². The first kappa shape index (κ1) is 9.46. The normalized spacial score (nSPS) is 29.7. The molecule has 1 nitrogen and oxygen atoms in total. The van der Waals surface area contributed by atoms with E-state index in [1.807, 2.05) is 11.8 Å². The Labute approximate surface area is 95.0 Å². The van der Waals surface area contributed by atoms with E-state index >= 15 is 0 Å². The summed E-state index contributed by atoms with van der Waals surface area (Å²) in [6, 6.07) is 10.6. The summed E-state index contributed by atoms with van der Waals surface area (Å²) in [4.78, 5) is 4.72. The molecule has 2 aliphatic rings. The molecule has 0 radical (unpaired) electrons. The average Bonchev–Trinajstić information content (AvgIpc) is 2.77. The van der Waals surface area contributed by atoms with Crippen LogP contribution in [0.5, 0.6) is 0 Å². The van der Waals surface area contributed by atoms with Crippen LogP contribution in [0.1, 0.15) is 24.8 Å². The van der Waals surface area contributed by atoms with Gasteiger partial charge < -0.3 is 0 Å². The van der Waals surface area contributed by atoms with Gasteiger partial charge in [0.1, 0.15) is 0 Å². The molecule has 1 aliphatic carbocycles. The molecule has 15 heavy (non-hydrogen) atoms. The second-order valence-corrected chi connectivity index (χ2v) is 5.59. The summed E-state index contributed by atoms with van der Waals surface area (Å²) in [6.07, 6.45) is 4.18. The van der Waals surface area contributed by atoms with Crippen molar-refractivity contribution in [2.45, 2.75) is 24.5 Å². The van der Waals surface area contributed by atoms with Gasteiger partial charge >= 0.3 is 0 Å². The predicted molar refractivity (Wildman–Crippen MR) is 66.6 cm³/mol.